The summed E-state index contributed by atoms with van der Waals surface area (Å²) in [6, 6.07) is 0. The molecule has 0 aliphatic rings. The Morgan fingerprint density at radius 1 is 0.397 bits per heavy atom. The number of carbonyl (C=O) groups excluding carboxylic acids is 2. The van der Waals surface area contributed by atoms with Crippen LogP contribution in [0.4, 0.5) is 0 Å². The van der Waals surface area contributed by atoms with Crippen LogP contribution in [0.1, 0.15) is 252 Å². The Morgan fingerprint density at radius 3 is 1.24 bits per heavy atom. The van der Waals surface area contributed by atoms with E-state index in [1.807, 2.05) is 0 Å². The second kappa shape index (κ2) is 49.2. The highest BCUT2D eigenvalue weighted by molar-refractivity contribution is 5.70. The van der Waals surface area contributed by atoms with Crippen molar-refractivity contribution in [2.24, 2.45) is 0 Å². The molecule has 0 bridgehead atoms. The maximum atomic E-state index is 12.7. The predicted octanol–water partition coefficient (Wildman–Crippen LogP) is 16.8. The van der Waals surface area contributed by atoms with Crippen LogP contribution in [-0.4, -0.2) is 37.9 Å². The predicted molar refractivity (Wildman–Crippen MR) is 251 cm³/mol. The largest absolute Gasteiger partial charge is 0.462 e. The van der Waals surface area contributed by atoms with Gasteiger partial charge in [0, 0.05) is 19.4 Å². The summed E-state index contributed by atoms with van der Waals surface area (Å²) in [5, 5.41) is 0. The third-order valence-corrected chi connectivity index (χ3v) is 10.9. The number of esters is 2. The molecule has 0 N–H and O–H groups in total. The first kappa shape index (κ1) is 55.9. The molecule has 0 aromatic carbocycles. The van der Waals surface area contributed by atoms with E-state index in [9.17, 15) is 9.59 Å². The van der Waals surface area contributed by atoms with E-state index < -0.39 is 6.10 Å². The Morgan fingerprint density at radius 2 is 0.776 bits per heavy atom. The van der Waals surface area contributed by atoms with Crippen molar-refractivity contribution >= 4 is 11.9 Å². The second-order valence-electron chi connectivity index (χ2n) is 16.7. The van der Waals surface area contributed by atoms with Gasteiger partial charge in [0.15, 0.2) is 6.10 Å². The Hall–Kier alpha value is -2.14. The molecule has 0 saturated heterocycles. The first-order valence-electron chi connectivity index (χ1n) is 25.2. The summed E-state index contributed by atoms with van der Waals surface area (Å²) >= 11 is 0. The van der Waals surface area contributed by atoms with E-state index in [1.54, 1.807) is 0 Å². The lowest BCUT2D eigenvalue weighted by Crippen LogP contribution is -2.30. The van der Waals surface area contributed by atoms with Crippen LogP contribution in [0.2, 0.25) is 0 Å². The van der Waals surface area contributed by atoms with Crippen LogP contribution in [0.25, 0.3) is 0 Å². The Labute approximate surface area is 361 Å². The molecule has 0 heterocycles. The van der Waals surface area contributed by atoms with E-state index in [0.29, 0.717) is 19.4 Å². The molecule has 0 aromatic rings. The van der Waals surface area contributed by atoms with Crippen LogP contribution in [0.3, 0.4) is 0 Å². The summed E-state index contributed by atoms with van der Waals surface area (Å²) in [5.41, 5.74) is 0. The fraction of sp³-hybridized carbons (Fsp3) is 0.811. The SMILES string of the molecule is CC/C=C\C/C=C\C/C=C\C/C=C\CCCCCCC(=O)OCC(COCCCCCCCCCCCCCCCCCC)OC(=O)CCCCCCCCCCC. The summed E-state index contributed by atoms with van der Waals surface area (Å²) in [7, 11) is 0. The summed E-state index contributed by atoms with van der Waals surface area (Å²) in [5.74, 6) is -0.417. The molecule has 0 amide bonds. The van der Waals surface area contributed by atoms with Crippen LogP contribution in [0, 0.1) is 0 Å². The van der Waals surface area contributed by atoms with Crippen molar-refractivity contribution in [1.29, 1.82) is 0 Å². The van der Waals surface area contributed by atoms with E-state index in [4.69, 9.17) is 14.2 Å². The first-order valence-corrected chi connectivity index (χ1v) is 25.2. The van der Waals surface area contributed by atoms with Gasteiger partial charge in [-0.25, -0.2) is 0 Å². The Bertz CT molecular complexity index is 966. The number of unbranched alkanes of at least 4 members (excludes halogenated alkanes) is 27. The molecule has 0 fully saturated rings. The van der Waals surface area contributed by atoms with Gasteiger partial charge in [-0.15, -0.1) is 0 Å². The molecule has 1 atom stereocenters. The molecule has 58 heavy (non-hydrogen) atoms. The molecule has 1 unspecified atom stereocenters. The van der Waals surface area contributed by atoms with Gasteiger partial charge in [-0.05, 0) is 57.8 Å². The average molecular weight is 813 g/mol. The topological polar surface area (TPSA) is 61.8 Å². The minimum atomic E-state index is -0.540. The molecule has 338 valence electrons. The molecule has 5 nitrogen and oxygen atoms in total. The van der Waals surface area contributed by atoms with Crippen molar-refractivity contribution in [1.82, 2.24) is 0 Å². The van der Waals surface area contributed by atoms with Crippen molar-refractivity contribution in [2.75, 3.05) is 19.8 Å². The van der Waals surface area contributed by atoms with Crippen LogP contribution in [0.5, 0.6) is 0 Å². The lowest BCUT2D eigenvalue weighted by molar-refractivity contribution is -0.163. The summed E-state index contributed by atoms with van der Waals surface area (Å²) in [6.07, 6.45) is 59.8. The summed E-state index contributed by atoms with van der Waals surface area (Å²) < 4.78 is 17.3. The Kier molecular flexibility index (Phi) is 47.4. The number of hydrogen-bond donors (Lipinski definition) is 0. The number of carbonyl (C=O) groups is 2. The Balaban J connectivity index is 4.21. The zero-order valence-corrected chi connectivity index (χ0v) is 38.8. The monoisotopic (exact) mass is 813 g/mol. The van der Waals surface area contributed by atoms with Crippen LogP contribution in [-0.2, 0) is 23.8 Å². The van der Waals surface area contributed by atoms with Crippen molar-refractivity contribution in [3.63, 3.8) is 0 Å². The van der Waals surface area contributed by atoms with Gasteiger partial charge < -0.3 is 14.2 Å². The smallest absolute Gasteiger partial charge is 0.306 e. The van der Waals surface area contributed by atoms with Crippen LogP contribution < -0.4 is 0 Å². The third kappa shape index (κ3) is 46.5. The molecule has 0 aromatic heterocycles. The zero-order chi connectivity index (χ0) is 42.1. The highest BCUT2D eigenvalue weighted by Crippen LogP contribution is 2.15. The van der Waals surface area contributed by atoms with E-state index in [2.05, 4.69) is 69.4 Å². The summed E-state index contributed by atoms with van der Waals surface area (Å²) in [4.78, 5) is 25.3. The minimum absolute atomic E-state index is 0.0765. The molecule has 0 aliphatic heterocycles. The van der Waals surface area contributed by atoms with Gasteiger partial charge in [0.1, 0.15) is 6.61 Å². The van der Waals surface area contributed by atoms with Crippen LogP contribution in [0.15, 0.2) is 48.6 Å². The number of rotatable bonds is 46. The first-order chi connectivity index (χ1) is 28.6. The van der Waals surface area contributed by atoms with E-state index in [0.717, 1.165) is 77.0 Å². The summed E-state index contributed by atoms with van der Waals surface area (Å²) in [6.45, 7) is 7.71. The van der Waals surface area contributed by atoms with E-state index in [-0.39, 0.29) is 25.2 Å². The molecule has 0 rings (SSSR count). The lowest BCUT2D eigenvalue weighted by Gasteiger charge is -2.18. The molecule has 0 spiro atoms. The third-order valence-electron chi connectivity index (χ3n) is 10.9. The fourth-order valence-corrected chi connectivity index (χ4v) is 7.15. The van der Waals surface area contributed by atoms with Gasteiger partial charge in [0.05, 0.1) is 6.61 Å². The standard InChI is InChI=1S/C53H96O5/c1-4-7-10-13-16-19-21-23-25-27-28-30-32-35-37-40-43-46-52(54)57-50-51(58-53(55)47-44-41-38-34-18-15-12-9-6-3)49-56-48-45-42-39-36-33-31-29-26-24-22-20-17-14-11-8-5-2/h7,10,16,19,23,25,28,30,51H,4-6,8-9,11-15,17-18,20-22,24,26-27,29,31-50H2,1-3H3/b10-7-,19-16-,25-23-,30-28-. The number of ether oxygens (including phenoxy) is 3. The zero-order valence-electron chi connectivity index (χ0n) is 38.8. The number of hydrogen-bond acceptors (Lipinski definition) is 5. The quantitative estimate of drug-likeness (QED) is 0.0348. The van der Waals surface area contributed by atoms with E-state index >= 15 is 0 Å². The molecular weight excluding hydrogens is 717 g/mol. The maximum Gasteiger partial charge on any atom is 0.306 e. The molecule has 5 heteroatoms. The molecule has 0 aliphatic carbocycles. The highest BCUT2D eigenvalue weighted by atomic mass is 16.6. The van der Waals surface area contributed by atoms with Crippen molar-refractivity contribution in [3.05, 3.63) is 48.6 Å². The fourth-order valence-electron chi connectivity index (χ4n) is 7.15. The molecule has 0 radical (unpaired) electrons. The van der Waals surface area contributed by atoms with E-state index in [1.165, 1.54) is 141 Å². The van der Waals surface area contributed by atoms with Crippen molar-refractivity contribution < 1.29 is 23.8 Å². The maximum absolute atomic E-state index is 12.7. The second-order valence-corrected chi connectivity index (χ2v) is 16.7. The molecular formula is C53H96O5. The van der Waals surface area contributed by atoms with Gasteiger partial charge >= 0.3 is 11.9 Å². The van der Waals surface area contributed by atoms with Gasteiger partial charge in [-0.2, -0.15) is 0 Å². The lowest BCUT2D eigenvalue weighted by atomic mass is 10.0. The van der Waals surface area contributed by atoms with Crippen molar-refractivity contribution in [2.45, 2.75) is 258 Å². The highest BCUT2D eigenvalue weighted by Gasteiger charge is 2.17. The molecule has 0 saturated carbocycles. The number of allylic oxidation sites excluding steroid dienone is 8. The van der Waals surface area contributed by atoms with Gasteiger partial charge in [0.25, 0.3) is 0 Å². The minimum Gasteiger partial charge on any atom is -0.462 e. The average Bonchev–Trinajstić information content (AvgIpc) is 3.22. The van der Waals surface area contributed by atoms with Crippen molar-refractivity contribution in [3.8, 4) is 0 Å². The normalized spacial score (nSPS) is 12.5. The van der Waals surface area contributed by atoms with Gasteiger partial charge in [0.2, 0.25) is 0 Å². The van der Waals surface area contributed by atoms with Crippen LogP contribution >= 0.6 is 0 Å². The van der Waals surface area contributed by atoms with Gasteiger partial charge in [-0.1, -0.05) is 230 Å². The van der Waals surface area contributed by atoms with Gasteiger partial charge in [-0.3, -0.25) is 9.59 Å².